The van der Waals surface area contributed by atoms with E-state index in [0.717, 1.165) is 5.56 Å². The Bertz CT molecular complexity index is 729. The number of halogens is 1. The Morgan fingerprint density at radius 2 is 2.20 bits per heavy atom. The molecule has 1 heterocycles. The van der Waals surface area contributed by atoms with E-state index in [0.29, 0.717) is 0 Å². The summed E-state index contributed by atoms with van der Waals surface area (Å²) in [4.78, 5) is 11.8. The van der Waals surface area contributed by atoms with Crippen LogP contribution in [-0.2, 0) is 4.74 Å². The van der Waals surface area contributed by atoms with Crippen molar-refractivity contribution in [2.75, 3.05) is 12.8 Å². The molecule has 0 unspecified atom stereocenters. The maximum atomic E-state index is 14.0. The van der Waals surface area contributed by atoms with Crippen LogP contribution in [0.15, 0.2) is 24.4 Å². The van der Waals surface area contributed by atoms with Crippen molar-refractivity contribution in [2.24, 2.45) is 0 Å². The highest BCUT2D eigenvalue weighted by atomic mass is 19.1. The van der Waals surface area contributed by atoms with E-state index in [9.17, 15) is 9.18 Å². The molecule has 0 saturated heterocycles. The molecule has 0 atom stereocenters. The van der Waals surface area contributed by atoms with Gasteiger partial charge in [0.25, 0.3) is 0 Å². The maximum Gasteiger partial charge on any atom is 0.357 e. The molecule has 0 amide bonds. The van der Waals surface area contributed by atoms with E-state index in [4.69, 9.17) is 11.0 Å². The number of aryl methyl sites for hydroxylation is 1. The summed E-state index contributed by atoms with van der Waals surface area (Å²) in [5, 5.41) is 8.99. The Balaban J connectivity index is 2.77. The van der Waals surface area contributed by atoms with Crippen LogP contribution in [0.25, 0.3) is 5.69 Å². The third-order valence-corrected chi connectivity index (χ3v) is 2.90. The second kappa shape index (κ2) is 5.05. The van der Waals surface area contributed by atoms with Gasteiger partial charge in [-0.25, -0.2) is 9.18 Å². The van der Waals surface area contributed by atoms with Gasteiger partial charge in [0.15, 0.2) is 5.69 Å². The summed E-state index contributed by atoms with van der Waals surface area (Å²) >= 11 is 0. The number of methoxy groups -OCH3 is 1. The fourth-order valence-electron chi connectivity index (χ4n) is 1.91. The van der Waals surface area contributed by atoms with Crippen LogP contribution in [0, 0.1) is 24.1 Å². The highest BCUT2D eigenvalue weighted by molar-refractivity contribution is 5.95. The van der Waals surface area contributed by atoms with Gasteiger partial charge in [-0.15, -0.1) is 0 Å². The lowest BCUT2D eigenvalue weighted by atomic mass is 10.2. The number of hydrogen-bond donors (Lipinski definition) is 1. The Morgan fingerprint density at radius 3 is 2.80 bits per heavy atom. The van der Waals surface area contributed by atoms with E-state index in [1.54, 1.807) is 19.1 Å². The molecule has 6 heteroatoms. The quantitative estimate of drug-likeness (QED) is 0.850. The number of esters is 1. The van der Waals surface area contributed by atoms with Gasteiger partial charge in [-0.05, 0) is 24.6 Å². The van der Waals surface area contributed by atoms with Crippen LogP contribution in [0.5, 0.6) is 0 Å². The topological polar surface area (TPSA) is 81.0 Å². The lowest BCUT2D eigenvalue weighted by molar-refractivity contribution is 0.0593. The number of nitrogen functional groups attached to an aromatic ring is 1. The van der Waals surface area contributed by atoms with Crippen LogP contribution in [-0.4, -0.2) is 17.6 Å². The Morgan fingerprint density at radius 1 is 1.50 bits per heavy atom. The molecule has 0 aliphatic heterocycles. The van der Waals surface area contributed by atoms with Crippen molar-refractivity contribution in [3.8, 4) is 11.8 Å². The van der Waals surface area contributed by atoms with Gasteiger partial charge in [-0.3, -0.25) is 0 Å². The monoisotopic (exact) mass is 273 g/mol. The molecule has 2 N–H and O–H groups in total. The number of carbonyl (C=O) groups excluding carboxylic acids is 1. The number of aromatic nitrogens is 1. The van der Waals surface area contributed by atoms with Gasteiger partial charge >= 0.3 is 5.97 Å². The number of nitrogens with zero attached hydrogens (tertiary/aromatic N) is 2. The zero-order chi connectivity index (χ0) is 14.9. The molecule has 0 fully saturated rings. The van der Waals surface area contributed by atoms with Crippen molar-refractivity contribution in [1.82, 2.24) is 4.57 Å². The van der Waals surface area contributed by atoms with E-state index >= 15 is 0 Å². The maximum absolute atomic E-state index is 14.0. The van der Waals surface area contributed by atoms with E-state index < -0.39 is 11.8 Å². The van der Waals surface area contributed by atoms with E-state index in [1.165, 1.54) is 23.9 Å². The van der Waals surface area contributed by atoms with Crippen molar-refractivity contribution in [3.63, 3.8) is 0 Å². The molecule has 20 heavy (non-hydrogen) atoms. The SMILES string of the molecule is COC(=O)c1c(N)c(C#N)cn1-c1cc(C)ccc1F. The van der Waals surface area contributed by atoms with Crippen molar-refractivity contribution < 1.29 is 13.9 Å². The van der Waals surface area contributed by atoms with Crippen LogP contribution < -0.4 is 5.73 Å². The summed E-state index contributed by atoms with van der Waals surface area (Å²) in [6.07, 6.45) is 1.32. The second-order valence-corrected chi connectivity index (χ2v) is 4.23. The molecule has 0 radical (unpaired) electrons. The Hall–Kier alpha value is -2.81. The standard InChI is InChI=1S/C14H12FN3O2/c1-8-3-4-10(15)11(5-8)18-7-9(6-16)12(17)13(18)14(19)20-2/h3-5,7H,17H2,1-2H3. The molecule has 0 aliphatic rings. The van der Waals surface area contributed by atoms with Crippen LogP contribution >= 0.6 is 0 Å². The van der Waals surface area contributed by atoms with Crippen LogP contribution in [0.3, 0.4) is 0 Å². The number of carbonyl (C=O) groups is 1. The highest BCUT2D eigenvalue weighted by Gasteiger charge is 2.23. The van der Waals surface area contributed by atoms with E-state index in [2.05, 4.69) is 4.74 Å². The molecule has 102 valence electrons. The van der Waals surface area contributed by atoms with Crippen molar-refractivity contribution in [3.05, 3.63) is 47.0 Å². The summed E-state index contributed by atoms with van der Waals surface area (Å²) in [6, 6.07) is 6.31. The third kappa shape index (κ3) is 2.10. The summed E-state index contributed by atoms with van der Waals surface area (Å²) < 4.78 is 19.8. The molecule has 0 bridgehead atoms. The fourth-order valence-corrected chi connectivity index (χ4v) is 1.91. The minimum absolute atomic E-state index is 0.0275. The fraction of sp³-hybridized carbons (Fsp3) is 0.143. The van der Waals surface area contributed by atoms with Gasteiger partial charge in [-0.2, -0.15) is 5.26 Å². The zero-order valence-corrected chi connectivity index (χ0v) is 11.0. The van der Waals surface area contributed by atoms with Gasteiger partial charge in [0.1, 0.15) is 11.9 Å². The average molecular weight is 273 g/mol. The predicted molar refractivity (Wildman–Crippen MR) is 70.9 cm³/mol. The minimum atomic E-state index is -0.732. The number of nitrogens with two attached hydrogens (primary N) is 1. The van der Waals surface area contributed by atoms with Crippen LogP contribution in [0.1, 0.15) is 21.6 Å². The molecule has 0 aliphatic carbocycles. The Kier molecular flexibility index (Phi) is 3.44. The van der Waals surface area contributed by atoms with Crippen LogP contribution in [0.2, 0.25) is 0 Å². The number of ether oxygens (including phenoxy) is 1. The molecule has 0 spiro atoms. The minimum Gasteiger partial charge on any atom is -0.464 e. The number of benzene rings is 1. The smallest absolute Gasteiger partial charge is 0.357 e. The van der Waals surface area contributed by atoms with Gasteiger partial charge in [-0.1, -0.05) is 6.07 Å². The summed E-state index contributed by atoms with van der Waals surface area (Å²) in [6.45, 7) is 1.79. The molecular formula is C14H12FN3O2. The molecular weight excluding hydrogens is 261 g/mol. The molecule has 2 rings (SSSR count). The van der Waals surface area contributed by atoms with Gasteiger partial charge in [0, 0.05) is 6.20 Å². The van der Waals surface area contributed by atoms with E-state index in [1.807, 2.05) is 6.07 Å². The third-order valence-electron chi connectivity index (χ3n) is 2.90. The first-order chi connectivity index (χ1) is 9.49. The summed E-state index contributed by atoms with van der Waals surface area (Å²) in [5.74, 6) is -1.26. The summed E-state index contributed by atoms with van der Waals surface area (Å²) in [7, 11) is 1.19. The van der Waals surface area contributed by atoms with Crippen LogP contribution in [0.4, 0.5) is 10.1 Å². The van der Waals surface area contributed by atoms with Crippen molar-refractivity contribution >= 4 is 11.7 Å². The van der Waals surface area contributed by atoms with Gasteiger partial charge in [0.05, 0.1) is 24.0 Å². The number of hydrogen-bond acceptors (Lipinski definition) is 4. The number of nitriles is 1. The number of anilines is 1. The Labute approximate surface area is 115 Å². The first kappa shape index (κ1) is 13.6. The van der Waals surface area contributed by atoms with Gasteiger partial charge in [0.2, 0.25) is 0 Å². The highest BCUT2D eigenvalue weighted by Crippen LogP contribution is 2.26. The molecule has 2 aromatic rings. The largest absolute Gasteiger partial charge is 0.464 e. The molecule has 0 saturated carbocycles. The normalized spacial score (nSPS) is 10.1. The molecule has 5 nitrogen and oxygen atoms in total. The molecule has 1 aromatic carbocycles. The van der Waals surface area contributed by atoms with Crippen molar-refractivity contribution in [2.45, 2.75) is 6.92 Å². The number of rotatable bonds is 2. The first-order valence-corrected chi connectivity index (χ1v) is 5.75. The zero-order valence-electron chi connectivity index (χ0n) is 11.0. The lowest BCUT2D eigenvalue weighted by Crippen LogP contribution is -2.12. The molecule has 1 aromatic heterocycles. The van der Waals surface area contributed by atoms with Crippen molar-refractivity contribution in [1.29, 1.82) is 5.26 Å². The lowest BCUT2D eigenvalue weighted by Gasteiger charge is -2.10. The van der Waals surface area contributed by atoms with E-state index in [-0.39, 0.29) is 22.6 Å². The summed E-state index contributed by atoms with van der Waals surface area (Å²) in [5.41, 5.74) is 6.70. The second-order valence-electron chi connectivity index (χ2n) is 4.23. The van der Waals surface area contributed by atoms with Gasteiger partial charge < -0.3 is 15.0 Å². The first-order valence-electron chi connectivity index (χ1n) is 5.75. The predicted octanol–water partition coefficient (Wildman–Crippen LogP) is 2.17. The average Bonchev–Trinajstić information content (AvgIpc) is 2.77.